The molecule has 0 unspecified atom stereocenters. The second-order valence-electron chi connectivity index (χ2n) is 7.25. The SMILES string of the molecule is COC(=O)C1CCN(S(=O)(=O)NC(=O)c2ccc(OCc3c(C)noc3C)cc2)CC1. The zero-order valence-electron chi connectivity index (χ0n) is 17.6. The molecule has 0 saturated carbocycles. The van der Waals surface area contributed by atoms with E-state index in [0.717, 1.165) is 15.6 Å². The molecule has 0 aliphatic carbocycles. The summed E-state index contributed by atoms with van der Waals surface area (Å²) >= 11 is 0. The third-order valence-corrected chi connectivity index (χ3v) is 6.72. The van der Waals surface area contributed by atoms with Gasteiger partial charge in [0.1, 0.15) is 18.1 Å². The van der Waals surface area contributed by atoms with Crippen molar-refractivity contribution in [3.05, 3.63) is 46.8 Å². The van der Waals surface area contributed by atoms with Crippen molar-refractivity contribution < 1.29 is 32.0 Å². The number of benzene rings is 1. The Hall–Kier alpha value is -2.92. The molecule has 0 spiro atoms. The largest absolute Gasteiger partial charge is 0.489 e. The number of piperidine rings is 1. The molecular weight excluding hydrogens is 426 g/mol. The van der Waals surface area contributed by atoms with Crippen LogP contribution in [0.4, 0.5) is 0 Å². The summed E-state index contributed by atoms with van der Waals surface area (Å²) in [6.07, 6.45) is 0.692. The standard InChI is InChI=1S/C20H25N3O7S/c1-13-18(14(2)30-21-13)12-29-17-6-4-15(5-7-17)19(24)22-31(26,27)23-10-8-16(9-11-23)20(25)28-3/h4-7,16H,8-12H2,1-3H3,(H,22,24). The lowest BCUT2D eigenvalue weighted by Crippen LogP contribution is -2.47. The van der Waals surface area contributed by atoms with Gasteiger partial charge in [-0.2, -0.15) is 12.7 Å². The van der Waals surface area contributed by atoms with Gasteiger partial charge in [0.25, 0.3) is 5.91 Å². The van der Waals surface area contributed by atoms with E-state index >= 15 is 0 Å². The lowest BCUT2D eigenvalue weighted by Gasteiger charge is -2.29. The Bertz CT molecular complexity index is 1020. The van der Waals surface area contributed by atoms with E-state index in [1.807, 2.05) is 6.92 Å². The van der Waals surface area contributed by atoms with Crippen molar-refractivity contribution in [2.24, 2.45) is 5.92 Å². The number of methoxy groups -OCH3 is 1. The van der Waals surface area contributed by atoms with Gasteiger partial charge in [0, 0.05) is 18.7 Å². The third-order valence-electron chi connectivity index (χ3n) is 5.23. The Kier molecular flexibility index (Phi) is 6.96. The highest BCUT2D eigenvalue weighted by molar-refractivity contribution is 7.87. The molecule has 0 bridgehead atoms. The number of carbonyl (C=O) groups is 2. The summed E-state index contributed by atoms with van der Waals surface area (Å²) in [7, 11) is -2.71. The van der Waals surface area contributed by atoms with Crippen LogP contribution in [0, 0.1) is 19.8 Å². The number of ether oxygens (including phenoxy) is 2. The first-order valence-electron chi connectivity index (χ1n) is 9.76. The number of aryl methyl sites for hydroxylation is 2. The average Bonchev–Trinajstić information content (AvgIpc) is 3.09. The first kappa shape index (κ1) is 22.8. The molecule has 31 heavy (non-hydrogen) atoms. The molecule has 1 aromatic carbocycles. The Labute approximate surface area is 180 Å². The number of carbonyl (C=O) groups excluding carboxylic acids is 2. The van der Waals surface area contributed by atoms with Gasteiger partial charge in [-0.15, -0.1) is 0 Å². The van der Waals surface area contributed by atoms with Gasteiger partial charge in [-0.05, 0) is 51.0 Å². The smallest absolute Gasteiger partial charge is 0.308 e. The third kappa shape index (κ3) is 5.42. The van der Waals surface area contributed by atoms with Gasteiger partial charge in [0.15, 0.2) is 0 Å². The summed E-state index contributed by atoms with van der Waals surface area (Å²) in [4.78, 5) is 24.0. The summed E-state index contributed by atoms with van der Waals surface area (Å²) < 4.78 is 43.7. The van der Waals surface area contributed by atoms with Crippen LogP contribution < -0.4 is 9.46 Å². The Balaban J connectivity index is 1.56. The van der Waals surface area contributed by atoms with Crippen LogP contribution in [0.2, 0.25) is 0 Å². The number of hydrogen-bond acceptors (Lipinski definition) is 8. The van der Waals surface area contributed by atoms with Gasteiger partial charge in [0.05, 0.1) is 24.3 Å². The van der Waals surface area contributed by atoms with E-state index in [9.17, 15) is 18.0 Å². The molecule has 2 heterocycles. The molecule has 1 fully saturated rings. The number of nitrogens with one attached hydrogen (secondary N) is 1. The molecule has 2 aromatic rings. The molecule has 1 aromatic heterocycles. The maximum Gasteiger partial charge on any atom is 0.308 e. The number of nitrogens with zero attached hydrogens (tertiary/aromatic N) is 2. The molecule has 1 saturated heterocycles. The second kappa shape index (κ2) is 9.48. The van der Waals surface area contributed by atoms with Crippen LogP contribution in [-0.4, -0.2) is 50.0 Å². The lowest BCUT2D eigenvalue weighted by molar-refractivity contribution is -0.146. The van der Waals surface area contributed by atoms with Crippen LogP contribution in [0.15, 0.2) is 28.8 Å². The van der Waals surface area contributed by atoms with E-state index < -0.39 is 16.1 Å². The van der Waals surface area contributed by atoms with Crippen LogP contribution in [-0.2, 0) is 26.3 Å². The van der Waals surface area contributed by atoms with Gasteiger partial charge in [0.2, 0.25) is 0 Å². The van der Waals surface area contributed by atoms with Crippen LogP contribution in [0.3, 0.4) is 0 Å². The molecule has 3 rings (SSSR count). The molecule has 1 aliphatic rings. The number of amides is 1. The van der Waals surface area contributed by atoms with Crippen LogP contribution >= 0.6 is 0 Å². The fourth-order valence-electron chi connectivity index (χ4n) is 3.31. The highest BCUT2D eigenvalue weighted by Crippen LogP contribution is 2.21. The van der Waals surface area contributed by atoms with Gasteiger partial charge in [-0.1, -0.05) is 5.16 Å². The molecule has 10 nitrogen and oxygen atoms in total. The van der Waals surface area contributed by atoms with E-state index in [0.29, 0.717) is 24.4 Å². The van der Waals surface area contributed by atoms with Crippen molar-refractivity contribution in [3.8, 4) is 5.75 Å². The van der Waals surface area contributed by atoms with Crippen molar-refractivity contribution in [1.29, 1.82) is 0 Å². The van der Waals surface area contributed by atoms with Crippen molar-refractivity contribution in [3.63, 3.8) is 0 Å². The number of hydrogen-bond donors (Lipinski definition) is 1. The Morgan fingerprint density at radius 2 is 1.84 bits per heavy atom. The first-order chi connectivity index (χ1) is 14.7. The second-order valence-corrected chi connectivity index (χ2v) is 8.92. The molecular formula is C20H25N3O7S. The van der Waals surface area contributed by atoms with E-state index in [4.69, 9.17) is 14.0 Å². The molecule has 1 amide bonds. The first-order valence-corrected chi connectivity index (χ1v) is 11.2. The summed E-state index contributed by atoms with van der Waals surface area (Å²) in [5.74, 6) is -0.228. The predicted molar refractivity (Wildman–Crippen MR) is 109 cm³/mol. The monoisotopic (exact) mass is 451 g/mol. The van der Waals surface area contributed by atoms with Crippen molar-refractivity contribution >= 4 is 22.1 Å². The topological polar surface area (TPSA) is 128 Å². The normalized spacial score (nSPS) is 15.5. The van der Waals surface area contributed by atoms with Gasteiger partial charge < -0.3 is 14.0 Å². The summed E-state index contributed by atoms with van der Waals surface area (Å²) in [6, 6.07) is 6.14. The van der Waals surface area contributed by atoms with E-state index in [2.05, 4.69) is 9.88 Å². The molecule has 0 radical (unpaired) electrons. The summed E-state index contributed by atoms with van der Waals surface area (Å²) in [5, 5.41) is 3.86. The van der Waals surface area contributed by atoms with Crippen LogP contribution in [0.25, 0.3) is 0 Å². The zero-order valence-corrected chi connectivity index (χ0v) is 18.4. The van der Waals surface area contributed by atoms with Crippen molar-refractivity contribution in [2.75, 3.05) is 20.2 Å². The summed E-state index contributed by atoms with van der Waals surface area (Å²) in [6.45, 7) is 4.15. The van der Waals surface area contributed by atoms with Crippen molar-refractivity contribution in [1.82, 2.24) is 14.2 Å². The molecule has 1 N–H and O–H groups in total. The lowest BCUT2D eigenvalue weighted by atomic mass is 9.99. The maximum absolute atomic E-state index is 12.5. The Morgan fingerprint density at radius 3 is 2.39 bits per heavy atom. The fourth-order valence-corrected chi connectivity index (χ4v) is 4.48. The molecule has 0 atom stereocenters. The minimum Gasteiger partial charge on any atom is -0.489 e. The molecule has 11 heteroatoms. The van der Waals surface area contributed by atoms with E-state index in [-0.39, 0.29) is 37.1 Å². The average molecular weight is 452 g/mol. The van der Waals surface area contributed by atoms with Gasteiger partial charge >= 0.3 is 16.2 Å². The number of aromatic nitrogens is 1. The van der Waals surface area contributed by atoms with Crippen molar-refractivity contribution in [2.45, 2.75) is 33.3 Å². The molecule has 168 valence electrons. The number of rotatable bonds is 7. The minimum atomic E-state index is -4.01. The highest BCUT2D eigenvalue weighted by Gasteiger charge is 2.32. The maximum atomic E-state index is 12.5. The van der Waals surface area contributed by atoms with Crippen LogP contribution in [0.5, 0.6) is 5.75 Å². The van der Waals surface area contributed by atoms with Gasteiger partial charge in [-0.3, -0.25) is 9.59 Å². The number of esters is 1. The molecule has 1 aliphatic heterocycles. The van der Waals surface area contributed by atoms with Crippen LogP contribution in [0.1, 0.15) is 40.2 Å². The quantitative estimate of drug-likeness (QED) is 0.631. The fraction of sp³-hybridized carbons (Fsp3) is 0.450. The summed E-state index contributed by atoms with van der Waals surface area (Å²) in [5.41, 5.74) is 1.77. The highest BCUT2D eigenvalue weighted by atomic mass is 32.2. The van der Waals surface area contributed by atoms with Gasteiger partial charge in [-0.25, -0.2) is 4.72 Å². The zero-order chi connectivity index (χ0) is 22.6. The Morgan fingerprint density at radius 1 is 1.19 bits per heavy atom. The predicted octanol–water partition coefficient (Wildman–Crippen LogP) is 1.73. The van der Waals surface area contributed by atoms with E-state index in [1.165, 1.54) is 19.2 Å². The minimum absolute atomic E-state index is 0.136. The van der Waals surface area contributed by atoms with E-state index in [1.54, 1.807) is 19.1 Å².